The van der Waals surface area contributed by atoms with Crippen LogP contribution >= 0.6 is 24.0 Å². The predicted molar refractivity (Wildman–Crippen MR) is 82.8 cm³/mol. The Kier molecular flexibility index (Phi) is 6.87. The smallest absolute Gasteiger partial charge is 0.252 e. The fourth-order valence-corrected chi connectivity index (χ4v) is 2.71. The maximum absolute atomic E-state index is 13.3. The van der Waals surface area contributed by atoms with Crippen LogP contribution in [0.5, 0.6) is 0 Å². The van der Waals surface area contributed by atoms with E-state index in [1.165, 1.54) is 18.2 Å². The summed E-state index contributed by atoms with van der Waals surface area (Å²) in [7, 11) is 1.63. The topological polar surface area (TPSA) is 50.4 Å². The van der Waals surface area contributed by atoms with Crippen LogP contribution in [-0.2, 0) is 4.74 Å². The first-order valence-electron chi connectivity index (χ1n) is 6.54. The Morgan fingerprint density at radius 2 is 2.33 bits per heavy atom. The van der Waals surface area contributed by atoms with E-state index in [4.69, 9.17) is 16.3 Å². The van der Waals surface area contributed by atoms with Gasteiger partial charge in [-0.3, -0.25) is 4.79 Å². The van der Waals surface area contributed by atoms with Crippen LogP contribution in [0.25, 0.3) is 0 Å². The molecule has 0 spiro atoms. The van der Waals surface area contributed by atoms with Gasteiger partial charge >= 0.3 is 0 Å². The van der Waals surface area contributed by atoms with Crippen LogP contribution in [-0.4, -0.2) is 38.3 Å². The third-order valence-electron chi connectivity index (χ3n) is 3.54. The lowest BCUT2D eigenvalue weighted by Crippen LogP contribution is -2.53. The van der Waals surface area contributed by atoms with Gasteiger partial charge in [0.05, 0.1) is 22.7 Å². The van der Waals surface area contributed by atoms with E-state index in [2.05, 4.69) is 10.6 Å². The second kappa shape index (κ2) is 7.94. The summed E-state index contributed by atoms with van der Waals surface area (Å²) >= 11 is 5.80. The van der Waals surface area contributed by atoms with E-state index in [1.807, 2.05) is 0 Å². The first-order chi connectivity index (χ1) is 9.58. The quantitative estimate of drug-likeness (QED) is 0.868. The van der Waals surface area contributed by atoms with Crippen molar-refractivity contribution in [1.82, 2.24) is 10.6 Å². The molecule has 1 heterocycles. The van der Waals surface area contributed by atoms with E-state index in [1.54, 1.807) is 7.11 Å². The Bertz CT molecular complexity index is 494. The second-order valence-corrected chi connectivity index (χ2v) is 5.41. The number of halogens is 3. The minimum atomic E-state index is -0.593. The first-order valence-corrected chi connectivity index (χ1v) is 6.92. The van der Waals surface area contributed by atoms with E-state index >= 15 is 0 Å². The molecular formula is C14H19Cl2FN2O2. The third-order valence-corrected chi connectivity index (χ3v) is 3.92. The van der Waals surface area contributed by atoms with Crippen molar-refractivity contribution in [2.75, 3.05) is 26.8 Å². The molecule has 1 aliphatic heterocycles. The number of methoxy groups -OCH3 is 1. The minimum absolute atomic E-state index is 0. The summed E-state index contributed by atoms with van der Waals surface area (Å²) in [5.41, 5.74) is -0.0956. The molecule has 1 atom stereocenters. The van der Waals surface area contributed by atoms with Gasteiger partial charge in [0.2, 0.25) is 0 Å². The van der Waals surface area contributed by atoms with E-state index < -0.39 is 5.82 Å². The van der Waals surface area contributed by atoms with Crippen LogP contribution in [0.15, 0.2) is 18.2 Å². The molecule has 1 amide bonds. The van der Waals surface area contributed by atoms with Gasteiger partial charge in [-0.2, -0.15) is 0 Å². The molecular weight excluding hydrogens is 318 g/mol. The fraction of sp³-hybridized carbons (Fsp3) is 0.500. The molecule has 0 aromatic heterocycles. The summed E-state index contributed by atoms with van der Waals surface area (Å²) in [6.07, 6.45) is 1.97. The Morgan fingerprint density at radius 1 is 1.57 bits per heavy atom. The van der Waals surface area contributed by atoms with E-state index in [9.17, 15) is 9.18 Å². The highest BCUT2D eigenvalue weighted by Crippen LogP contribution is 2.21. The molecule has 0 aliphatic carbocycles. The number of hydrogen-bond acceptors (Lipinski definition) is 3. The van der Waals surface area contributed by atoms with Crippen LogP contribution in [0.1, 0.15) is 23.2 Å². The highest BCUT2D eigenvalue weighted by molar-refractivity contribution is 6.34. The number of carbonyl (C=O) groups is 1. The van der Waals surface area contributed by atoms with E-state index in [0.29, 0.717) is 13.2 Å². The van der Waals surface area contributed by atoms with Crippen molar-refractivity contribution < 1.29 is 13.9 Å². The zero-order valence-corrected chi connectivity index (χ0v) is 13.3. The van der Waals surface area contributed by atoms with Crippen LogP contribution in [0.2, 0.25) is 5.02 Å². The average Bonchev–Trinajstić information content (AvgIpc) is 2.89. The molecule has 2 rings (SSSR count). The predicted octanol–water partition coefficient (Wildman–Crippen LogP) is 2.40. The second-order valence-electron chi connectivity index (χ2n) is 5.03. The zero-order chi connectivity index (χ0) is 14.6. The maximum Gasteiger partial charge on any atom is 0.252 e. The number of ether oxygens (including phenoxy) is 1. The van der Waals surface area contributed by atoms with Gasteiger partial charge < -0.3 is 15.4 Å². The number of rotatable bonds is 5. The normalized spacial score (nSPS) is 20.9. The number of benzene rings is 1. The molecule has 0 bridgehead atoms. The van der Waals surface area contributed by atoms with Gasteiger partial charge in [-0.15, -0.1) is 12.4 Å². The lowest BCUT2D eigenvalue weighted by molar-refractivity contribution is 0.0892. The molecule has 1 aromatic rings. The number of amides is 1. The van der Waals surface area contributed by atoms with Gasteiger partial charge in [0.15, 0.2) is 0 Å². The van der Waals surface area contributed by atoms with Gasteiger partial charge in [0.25, 0.3) is 5.91 Å². The number of hydrogen-bond donors (Lipinski definition) is 2. The molecule has 1 fully saturated rings. The molecule has 1 aliphatic rings. The molecule has 1 saturated heterocycles. The monoisotopic (exact) mass is 336 g/mol. The number of carbonyl (C=O) groups excluding carboxylic acids is 1. The summed E-state index contributed by atoms with van der Waals surface area (Å²) < 4.78 is 18.5. The molecule has 21 heavy (non-hydrogen) atoms. The van der Waals surface area contributed by atoms with Gasteiger partial charge in [0, 0.05) is 13.7 Å². The van der Waals surface area contributed by atoms with E-state index in [0.717, 1.165) is 19.4 Å². The van der Waals surface area contributed by atoms with Crippen LogP contribution < -0.4 is 10.6 Å². The first kappa shape index (κ1) is 18.2. The summed E-state index contributed by atoms with van der Waals surface area (Å²) in [4.78, 5) is 12.1. The Morgan fingerprint density at radius 3 is 2.95 bits per heavy atom. The van der Waals surface area contributed by atoms with Crippen molar-refractivity contribution in [3.63, 3.8) is 0 Å². The molecule has 4 nitrogen and oxygen atoms in total. The van der Waals surface area contributed by atoms with Gasteiger partial charge in [-0.05, 0) is 31.5 Å². The SMILES string of the molecule is COCC1(CNC(=O)c2cccc(F)c2Cl)CCCN1.Cl. The molecule has 1 aromatic carbocycles. The molecule has 1 unspecified atom stereocenters. The van der Waals surface area contributed by atoms with Crippen molar-refractivity contribution in [1.29, 1.82) is 0 Å². The zero-order valence-electron chi connectivity index (χ0n) is 11.7. The van der Waals surface area contributed by atoms with Crippen molar-refractivity contribution in [3.05, 3.63) is 34.6 Å². The van der Waals surface area contributed by atoms with Crippen LogP contribution in [0, 0.1) is 5.82 Å². The largest absolute Gasteiger partial charge is 0.383 e. The average molecular weight is 337 g/mol. The van der Waals surface area contributed by atoms with Gasteiger partial charge in [-0.1, -0.05) is 17.7 Å². The van der Waals surface area contributed by atoms with Crippen LogP contribution in [0.4, 0.5) is 4.39 Å². The van der Waals surface area contributed by atoms with Crippen LogP contribution in [0.3, 0.4) is 0 Å². The van der Waals surface area contributed by atoms with Crippen molar-refractivity contribution >= 4 is 29.9 Å². The lowest BCUT2D eigenvalue weighted by atomic mass is 9.98. The van der Waals surface area contributed by atoms with Crippen molar-refractivity contribution in [3.8, 4) is 0 Å². The fourth-order valence-electron chi connectivity index (χ4n) is 2.49. The molecule has 7 heteroatoms. The van der Waals surface area contributed by atoms with Gasteiger partial charge in [-0.25, -0.2) is 4.39 Å². The Balaban J connectivity index is 0.00000220. The summed E-state index contributed by atoms with van der Waals surface area (Å²) in [5.74, 6) is -0.969. The van der Waals surface area contributed by atoms with E-state index in [-0.39, 0.29) is 34.4 Å². The highest BCUT2D eigenvalue weighted by atomic mass is 35.5. The molecule has 0 radical (unpaired) electrons. The molecule has 2 N–H and O–H groups in total. The minimum Gasteiger partial charge on any atom is -0.383 e. The summed E-state index contributed by atoms with van der Waals surface area (Å²) in [6.45, 7) is 1.84. The maximum atomic E-state index is 13.3. The summed E-state index contributed by atoms with van der Waals surface area (Å²) in [6, 6.07) is 4.20. The lowest BCUT2D eigenvalue weighted by Gasteiger charge is -2.29. The van der Waals surface area contributed by atoms with Crippen molar-refractivity contribution in [2.24, 2.45) is 0 Å². The Labute approximate surface area is 134 Å². The highest BCUT2D eigenvalue weighted by Gasteiger charge is 2.34. The van der Waals surface area contributed by atoms with Crippen molar-refractivity contribution in [2.45, 2.75) is 18.4 Å². The number of nitrogens with one attached hydrogen (secondary N) is 2. The molecule has 0 saturated carbocycles. The Hall–Kier alpha value is -0.880. The summed E-state index contributed by atoms with van der Waals surface area (Å²) in [5, 5.41) is 6.01. The van der Waals surface area contributed by atoms with Gasteiger partial charge in [0.1, 0.15) is 5.82 Å². The molecule has 118 valence electrons. The third kappa shape index (κ3) is 4.30. The standard InChI is InChI=1S/C14H18ClFN2O2.ClH/c1-20-9-14(6-3-7-18-14)8-17-13(19)10-4-2-5-11(16)12(10)15;/h2,4-5,18H,3,6-9H2,1H3,(H,17,19);1H.